The van der Waals surface area contributed by atoms with Gasteiger partial charge in [0.05, 0.1) is 11.7 Å². The van der Waals surface area contributed by atoms with Gasteiger partial charge in [-0.1, -0.05) is 6.08 Å². The van der Waals surface area contributed by atoms with Crippen LogP contribution >= 0.6 is 0 Å². The highest BCUT2D eigenvalue weighted by atomic mass is 16.8. The summed E-state index contributed by atoms with van der Waals surface area (Å²) in [5.41, 5.74) is -0.875. The third kappa shape index (κ3) is 3.30. The molecule has 0 saturated carbocycles. The molecular formula is C12H22O3. The predicted molar refractivity (Wildman–Crippen MR) is 59.6 cm³/mol. The summed E-state index contributed by atoms with van der Waals surface area (Å²) in [6.07, 6.45) is 3.24. The summed E-state index contributed by atoms with van der Waals surface area (Å²) < 4.78 is 11.5. The minimum Gasteiger partial charge on any atom is -0.388 e. The monoisotopic (exact) mass is 214 g/mol. The molecule has 88 valence electrons. The molecule has 2 atom stereocenters. The minimum absolute atomic E-state index is 0.0574. The van der Waals surface area contributed by atoms with E-state index in [1.54, 1.807) is 13.8 Å². The van der Waals surface area contributed by atoms with Crippen LogP contribution in [0.25, 0.3) is 0 Å². The highest BCUT2D eigenvalue weighted by Crippen LogP contribution is 2.35. The van der Waals surface area contributed by atoms with Crippen LogP contribution in [0.3, 0.4) is 0 Å². The molecule has 1 aliphatic rings. The van der Waals surface area contributed by atoms with Crippen molar-refractivity contribution in [2.75, 3.05) is 0 Å². The van der Waals surface area contributed by atoms with Crippen molar-refractivity contribution in [2.24, 2.45) is 0 Å². The maximum absolute atomic E-state index is 9.99. The molecule has 1 saturated heterocycles. The third-order valence-electron chi connectivity index (χ3n) is 2.54. The fraction of sp³-hybridized carbons (Fsp3) is 0.833. The number of hydrogen-bond donors (Lipinski definition) is 1. The van der Waals surface area contributed by atoms with Crippen LogP contribution in [-0.4, -0.2) is 28.7 Å². The molecule has 0 aliphatic carbocycles. The molecule has 0 aromatic heterocycles. The van der Waals surface area contributed by atoms with Crippen molar-refractivity contribution in [3.8, 4) is 0 Å². The van der Waals surface area contributed by atoms with Crippen molar-refractivity contribution in [2.45, 2.75) is 64.1 Å². The molecular weight excluding hydrogens is 192 g/mol. The number of allylic oxidation sites excluding steroid dienone is 1. The molecule has 1 N–H and O–H groups in total. The Morgan fingerprint density at radius 3 is 2.47 bits per heavy atom. The van der Waals surface area contributed by atoms with Crippen molar-refractivity contribution >= 4 is 0 Å². The van der Waals surface area contributed by atoms with Crippen LogP contribution in [0, 0.1) is 0 Å². The summed E-state index contributed by atoms with van der Waals surface area (Å²) in [7, 11) is 0. The van der Waals surface area contributed by atoms with Gasteiger partial charge in [-0.3, -0.25) is 0 Å². The molecule has 0 radical (unpaired) electrons. The van der Waals surface area contributed by atoms with Crippen molar-refractivity contribution in [1.29, 1.82) is 0 Å². The Bertz CT molecular complexity index is 228. The van der Waals surface area contributed by atoms with E-state index in [1.165, 1.54) is 0 Å². The summed E-state index contributed by atoms with van der Waals surface area (Å²) in [5, 5.41) is 9.99. The van der Waals surface area contributed by atoms with E-state index in [9.17, 15) is 5.11 Å². The van der Waals surface area contributed by atoms with Gasteiger partial charge in [0.2, 0.25) is 0 Å². The topological polar surface area (TPSA) is 38.7 Å². The lowest BCUT2D eigenvalue weighted by molar-refractivity contribution is -0.165. The highest BCUT2D eigenvalue weighted by Gasteiger charge is 2.47. The van der Waals surface area contributed by atoms with Crippen LogP contribution in [0.1, 0.15) is 40.5 Å². The second-order valence-electron chi connectivity index (χ2n) is 5.11. The lowest BCUT2D eigenvalue weighted by Gasteiger charge is -2.28. The van der Waals surface area contributed by atoms with E-state index in [0.717, 1.165) is 12.8 Å². The summed E-state index contributed by atoms with van der Waals surface area (Å²) in [4.78, 5) is 0. The first-order valence-electron chi connectivity index (χ1n) is 5.45. The van der Waals surface area contributed by atoms with Gasteiger partial charge >= 0.3 is 0 Å². The Morgan fingerprint density at radius 2 is 2.00 bits per heavy atom. The van der Waals surface area contributed by atoms with Crippen LogP contribution < -0.4 is 0 Å². The molecule has 15 heavy (non-hydrogen) atoms. The summed E-state index contributed by atoms with van der Waals surface area (Å²) in [6.45, 7) is 10.9. The predicted octanol–water partition coefficient (Wildman–Crippen LogP) is 2.24. The van der Waals surface area contributed by atoms with E-state index in [0.29, 0.717) is 0 Å². The van der Waals surface area contributed by atoms with E-state index < -0.39 is 11.4 Å². The molecule has 0 amide bonds. The maximum Gasteiger partial charge on any atom is 0.163 e. The van der Waals surface area contributed by atoms with E-state index in [2.05, 4.69) is 6.58 Å². The van der Waals surface area contributed by atoms with Crippen LogP contribution in [0.15, 0.2) is 12.7 Å². The quantitative estimate of drug-likeness (QED) is 0.729. The SMILES string of the molecule is C=CCC[C@@H]1OC(C)(C)O[C@H]1C(C)(C)O. The number of rotatable bonds is 4. The lowest BCUT2D eigenvalue weighted by Crippen LogP contribution is -2.43. The van der Waals surface area contributed by atoms with Crippen molar-refractivity contribution in [3.05, 3.63) is 12.7 Å². The van der Waals surface area contributed by atoms with Gasteiger partial charge in [0, 0.05) is 0 Å². The van der Waals surface area contributed by atoms with Crippen LogP contribution in [0.5, 0.6) is 0 Å². The van der Waals surface area contributed by atoms with E-state index in [4.69, 9.17) is 9.47 Å². The molecule has 1 fully saturated rings. The molecule has 1 aliphatic heterocycles. The Kier molecular flexibility index (Phi) is 3.59. The Morgan fingerprint density at radius 1 is 1.40 bits per heavy atom. The zero-order valence-corrected chi connectivity index (χ0v) is 10.1. The van der Waals surface area contributed by atoms with Crippen LogP contribution in [0.2, 0.25) is 0 Å². The van der Waals surface area contributed by atoms with Gasteiger partial charge in [0.25, 0.3) is 0 Å². The van der Waals surface area contributed by atoms with Gasteiger partial charge in [0.15, 0.2) is 5.79 Å². The Hall–Kier alpha value is -0.380. The second kappa shape index (κ2) is 4.24. The van der Waals surface area contributed by atoms with Gasteiger partial charge in [-0.05, 0) is 40.5 Å². The fourth-order valence-electron chi connectivity index (χ4n) is 1.93. The Labute approximate surface area is 92.1 Å². The number of ether oxygens (including phenoxy) is 2. The van der Waals surface area contributed by atoms with Crippen LogP contribution in [0.4, 0.5) is 0 Å². The summed E-state index contributed by atoms with van der Waals surface area (Å²) in [5.74, 6) is -0.601. The molecule has 0 spiro atoms. The average Bonchev–Trinajstić information content (AvgIpc) is 2.37. The molecule has 1 rings (SSSR count). The molecule has 0 aromatic carbocycles. The van der Waals surface area contributed by atoms with Gasteiger partial charge in [0.1, 0.15) is 6.10 Å². The summed E-state index contributed by atoms with van der Waals surface area (Å²) in [6, 6.07) is 0. The zero-order valence-electron chi connectivity index (χ0n) is 10.1. The van der Waals surface area contributed by atoms with Crippen molar-refractivity contribution in [3.63, 3.8) is 0 Å². The first kappa shape index (κ1) is 12.7. The first-order valence-corrected chi connectivity index (χ1v) is 5.45. The molecule has 0 unspecified atom stereocenters. The Balaban J connectivity index is 2.70. The second-order valence-corrected chi connectivity index (χ2v) is 5.11. The maximum atomic E-state index is 9.99. The fourth-order valence-corrected chi connectivity index (χ4v) is 1.93. The molecule has 0 aromatic rings. The van der Waals surface area contributed by atoms with E-state index >= 15 is 0 Å². The van der Waals surface area contributed by atoms with Gasteiger partial charge < -0.3 is 14.6 Å². The lowest BCUT2D eigenvalue weighted by atomic mass is 9.94. The highest BCUT2D eigenvalue weighted by molar-refractivity contribution is 4.92. The molecule has 1 heterocycles. The van der Waals surface area contributed by atoms with E-state index in [1.807, 2.05) is 19.9 Å². The third-order valence-corrected chi connectivity index (χ3v) is 2.54. The zero-order chi connectivity index (χ0) is 11.7. The smallest absolute Gasteiger partial charge is 0.163 e. The standard InChI is InChI=1S/C12H22O3/c1-6-7-8-9-10(11(2,3)13)15-12(4,5)14-9/h6,9-10,13H,1,7-8H2,2-5H3/t9-,10+/m0/s1. The molecule has 3 heteroatoms. The van der Waals surface area contributed by atoms with Gasteiger partial charge in [-0.2, -0.15) is 0 Å². The first-order chi connectivity index (χ1) is 6.76. The van der Waals surface area contributed by atoms with Crippen LogP contribution in [-0.2, 0) is 9.47 Å². The van der Waals surface area contributed by atoms with Crippen molar-refractivity contribution < 1.29 is 14.6 Å². The summed E-state index contributed by atoms with van der Waals surface area (Å²) >= 11 is 0. The van der Waals surface area contributed by atoms with Gasteiger partial charge in [-0.25, -0.2) is 0 Å². The van der Waals surface area contributed by atoms with Crippen molar-refractivity contribution in [1.82, 2.24) is 0 Å². The largest absolute Gasteiger partial charge is 0.388 e. The number of hydrogen-bond acceptors (Lipinski definition) is 3. The number of aliphatic hydroxyl groups is 1. The van der Waals surface area contributed by atoms with E-state index in [-0.39, 0.29) is 12.2 Å². The average molecular weight is 214 g/mol. The normalized spacial score (nSPS) is 30.5. The molecule has 0 bridgehead atoms. The minimum atomic E-state index is -0.875. The molecule has 3 nitrogen and oxygen atoms in total. The van der Waals surface area contributed by atoms with Gasteiger partial charge in [-0.15, -0.1) is 6.58 Å².